The molecule has 0 amide bonds. The first-order chi connectivity index (χ1) is 9.65. The zero-order valence-electron chi connectivity index (χ0n) is 11.8. The predicted molar refractivity (Wildman–Crippen MR) is 85.3 cm³/mol. The Morgan fingerprint density at radius 3 is 2.45 bits per heavy atom. The van der Waals surface area contributed by atoms with Crippen LogP contribution in [-0.4, -0.2) is 9.75 Å². The van der Waals surface area contributed by atoms with Crippen molar-refractivity contribution in [1.29, 1.82) is 0 Å². The van der Waals surface area contributed by atoms with E-state index in [1.807, 2.05) is 12.1 Å². The van der Waals surface area contributed by atoms with Crippen LogP contribution in [-0.2, 0) is 6.42 Å². The number of alkyl halides is 1. The second kappa shape index (κ2) is 7.77. The van der Waals surface area contributed by atoms with Crippen molar-refractivity contribution >= 4 is 21.6 Å². The third-order valence-corrected chi connectivity index (χ3v) is 5.00. The average molecular weight is 340 g/mol. The molecule has 1 aliphatic carbocycles. The number of benzene rings is 1. The van der Waals surface area contributed by atoms with E-state index >= 15 is 0 Å². The molecule has 4 heteroatoms. The SMILES string of the molecule is O=[N+]([O-])c1ccc(CC(Br)CCC2CCCCC2)cc1. The van der Waals surface area contributed by atoms with Crippen LogP contribution in [0.2, 0.25) is 0 Å². The topological polar surface area (TPSA) is 43.1 Å². The predicted octanol–water partition coefficient (Wildman–Crippen LogP) is 5.26. The molecule has 20 heavy (non-hydrogen) atoms. The Balaban J connectivity index is 1.75. The molecular formula is C16H22BrNO2. The van der Waals surface area contributed by atoms with Gasteiger partial charge in [-0.15, -0.1) is 0 Å². The summed E-state index contributed by atoms with van der Waals surface area (Å²) in [6.07, 6.45) is 10.5. The molecule has 0 radical (unpaired) electrons. The van der Waals surface area contributed by atoms with E-state index < -0.39 is 0 Å². The van der Waals surface area contributed by atoms with Gasteiger partial charge in [0.05, 0.1) is 4.92 Å². The van der Waals surface area contributed by atoms with Crippen LogP contribution in [0.3, 0.4) is 0 Å². The van der Waals surface area contributed by atoms with Gasteiger partial charge in [0.1, 0.15) is 0 Å². The molecule has 0 saturated heterocycles. The van der Waals surface area contributed by atoms with Crippen molar-refractivity contribution in [2.24, 2.45) is 5.92 Å². The first-order valence-electron chi connectivity index (χ1n) is 7.52. The van der Waals surface area contributed by atoms with Crippen molar-refractivity contribution in [2.45, 2.75) is 56.2 Å². The summed E-state index contributed by atoms with van der Waals surface area (Å²) in [5, 5.41) is 10.6. The van der Waals surface area contributed by atoms with Crippen molar-refractivity contribution in [1.82, 2.24) is 0 Å². The molecule has 1 aromatic carbocycles. The summed E-state index contributed by atoms with van der Waals surface area (Å²) >= 11 is 3.75. The third-order valence-electron chi connectivity index (χ3n) is 4.22. The van der Waals surface area contributed by atoms with Crippen LogP contribution >= 0.6 is 15.9 Å². The number of nitro benzene ring substituents is 1. The van der Waals surface area contributed by atoms with Gasteiger partial charge >= 0.3 is 0 Å². The summed E-state index contributed by atoms with van der Waals surface area (Å²) in [5.74, 6) is 0.917. The lowest BCUT2D eigenvalue weighted by Gasteiger charge is -2.22. The van der Waals surface area contributed by atoms with Gasteiger partial charge < -0.3 is 0 Å². The van der Waals surface area contributed by atoms with E-state index in [4.69, 9.17) is 0 Å². The third kappa shape index (κ3) is 4.89. The van der Waals surface area contributed by atoms with Gasteiger partial charge in [-0.3, -0.25) is 10.1 Å². The maximum absolute atomic E-state index is 10.6. The minimum atomic E-state index is -0.349. The molecule has 1 unspecified atom stereocenters. The van der Waals surface area contributed by atoms with E-state index in [9.17, 15) is 10.1 Å². The second-order valence-electron chi connectivity index (χ2n) is 5.81. The van der Waals surface area contributed by atoms with Crippen LogP contribution in [0.1, 0.15) is 50.5 Å². The van der Waals surface area contributed by atoms with Gasteiger partial charge in [-0.25, -0.2) is 0 Å². The molecule has 0 N–H and O–H groups in total. The fourth-order valence-corrected chi connectivity index (χ4v) is 3.64. The molecule has 1 fully saturated rings. The highest BCUT2D eigenvalue weighted by atomic mass is 79.9. The van der Waals surface area contributed by atoms with Crippen LogP contribution in [0.4, 0.5) is 5.69 Å². The standard InChI is InChI=1S/C16H22BrNO2/c17-15(9-6-13-4-2-1-3-5-13)12-14-7-10-16(11-8-14)18(19)20/h7-8,10-11,13,15H,1-6,9,12H2. The van der Waals surface area contributed by atoms with Crippen LogP contribution < -0.4 is 0 Å². The van der Waals surface area contributed by atoms with Crippen LogP contribution in [0, 0.1) is 16.0 Å². The van der Waals surface area contributed by atoms with Crippen LogP contribution in [0.15, 0.2) is 24.3 Å². The molecule has 110 valence electrons. The fourth-order valence-electron chi connectivity index (χ4n) is 3.00. The molecule has 3 nitrogen and oxygen atoms in total. The van der Waals surface area contributed by atoms with Gasteiger partial charge in [-0.05, 0) is 30.7 Å². The Labute approximate surface area is 129 Å². The van der Waals surface area contributed by atoms with Crippen molar-refractivity contribution in [3.8, 4) is 0 Å². The van der Waals surface area contributed by atoms with Gasteiger partial charge in [0.15, 0.2) is 0 Å². The maximum atomic E-state index is 10.6. The highest BCUT2D eigenvalue weighted by molar-refractivity contribution is 9.09. The Bertz CT molecular complexity index is 427. The molecule has 1 atom stereocenters. The van der Waals surface area contributed by atoms with E-state index in [0.29, 0.717) is 4.83 Å². The van der Waals surface area contributed by atoms with E-state index in [0.717, 1.165) is 12.3 Å². The summed E-state index contributed by atoms with van der Waals surface area (Å²) in [4.78, 5) is 10.7. The number of hydrogen-bond acceptors (Lipinski definition) is 2. The summed E-state index contributed by atoms with van der Waals surface area (Å²) < 4.78 is 0. The first-order valence-corrected chi connectivity index (χ1v) is 8.44. The number of rotatable bonds is 6. The lowest BCUT2D eigenvalue weighted by atomic mass is 9.85. The summed E-state index contributed by atoms with van der Waals surface area (Å²) in [5.41, 5.74) is 1.34. The molecule has 2 rings (SSSR count). The number of nitro groups is 1. The molecule has 0 aliphatic heterocycles. The van der Waals surface area contributed by atoms with Crippen LogP contribution in [0.5, 0.6) is 0 Å². The number of halogens is 1. The molecule has 1 aromatic rings. The van der Waals surface area contributed by atoms with Gasteiger partial charge in [-0.2, -0.15) is 0 Å². The van der Waals surface area contributed by atoms with E-state index in [2.05, 4.69) is 15.9 Å². The fraction of sp³-hybridized carbons (Fsp3) is 0.625. The number of non-ortho nitro benzene ring substituents is 1. The molecule has 0 heterocycles. The highest BCUT2D eigenvalue weighted by Crippen LogP contribution is 2.29. The minimum Gasteiger partial charge on any atom is -0.258 e. The van der Waals surface area contributed by atoms with Gasteiger partial charge in [0, 0.05) is 17.0 Å². The average Bonchev–Trinajstić information content (AvgIpc) is 2.47. The van der Waals surface area contributed by atoms with Crippen molar-refractivity contribution in [3.05, 3.63) is 39.9 Å². The van der Waals surface area contributed by atoms with Gasteiger partial charge in [0.25, 0.3) is 5.69 Å². The molecule has 0 bridgehead atoms. The Morgan fingerprint density at radius 1 is 1.20 bits per heavy atom. The normalized spacial score (nSPS) is 17.9. The number of nitrogens with zero attached hydrogens (tertiary/aromatic N) is 1. The summed E-state index contributed by atoms with van der Waals surface area (Å²) in [6, 6.07) is 6.92. The van der Waals surface area contributed by atoms with Gasteiger partial charge in [0.2, 0.25) is 0 Å². The lowest BCUT2D eigenvalue weighted by Crippen LogP contribution is -2.10. The Kier molecular flexibility index (Phi) is 6.02. The smallest absolute Gasteiger partial charge is 0.258 e. The second-order valence-corrected chi connectivity index (χ2v) is 7.10. The zero-order chi connectivity index (χ0) is 14.4. The van der Waals surface area contributed by atoms with Gasteiger partial charge in [-0.1, -0.05) is 60.2 Å². The van der Waals surface area contributed by atoms with Crippen molar-refractivity contribution in [3.63, 3.8) is 0 Å². The molecule has 0 aromatic heterocycles. The largest absolute Gasteiger partial charge is 0.269 e. The van der Waals surface area contributed by atoms with Crippen molar-refractivity contribution < 1.29 is 4.92 Å². The maximum Gasteiger partial charge on any atom is 0.269 e. The quantitative estimate of drug-likeness (QED) is 0.403. The number of hydrogen-bond donors (Lipinski definition) is 0. The van der Waals surface area contributed by atoms with E-state index in [1.54, 1.807) is 12.1 Å². The Morgan fingerprint density at radius 2 is 1.85 bits per heavy atom. The lowest BCUT2D eigenvalue weighted by molar-refractivity contribution is -0.384. The monoisotopic (exact) mass is 339 g/mol. The summed E-state index contributed by atoms with van der Waals surface area (Å²) in [7, 11) is 0. The van der Waals surface area contributed by atoms with Crippen LogP contribution in [0.25, 0.3) is 0 Å². The highest BCUT2D eigenvalue weighted by Gasteiger charge is 2.15. The minimum absolute atomic E-state index is 0.169. The zero-order valence-corrected chi connectivity index (χ0v) is 13.3. The molecule has 0 spiro atoms. The molecular weight excluding hydrogens is 318 g/mol. The Hall–Kier alpha value is -0.900. The first kappa shape index (κ1) is 15.5. The van der Waals surface area contributed by atoms with E-state index in [-0.39, 0.29) is 10.6 Å². The molecule has 1 aliphatic rings. The van der Waals surface area contributed by atoms with E-state index in [1.165, 1.54) is 50.5 Å². The summed E-state index contributed by atoms with van der Waals surface area (Å²) in [6.45, 7) is 0. The molecule has 1 saturated carbocycles. The van der Waals surface area contributed by atoms with Crippen molar-refractivity contribution in [2.75, 3.05) is 0 Å².